The molecule has 0 aromatic heterocycles. The van der Waals surface area contributed by atoms with Crippen molar-refractivity contribution in [2.24, 2.45) is 0 Å². The highest BCUT2D eigenvalue weighted by molar-refractivity contribution is 7.99. The molecule has 1 aromatic rings. The summed E-state index contributed by atoms with van der Waals surface area (Å²) in [6.45, 7) is 3.07. The van der Waals surface area contributed by atoms with Gasteiger partial charge in [0.1, 0.15) is 5.75 Å². The zero-order valence-corrected chi connectivity index (χ0v) is 17.1. The fourth-order valence-electron chi connectivity index (χ4n) is 4.96. The van der Waals surface area contributed by atoms with Crippen LogP contribution in [0.4, 0.5) is 0 Å². The van der Waals surface area contributed by atoms with Gasteiger partial charge in [0.05, 0.1) is 11.7 Å². The summed E-state index contributed by atoms with van der Waals surface area (Å²) in [6.07, 6.45) is 9.91. The van der Waals surface area contributed by atoms with Crippen molar-refractivity contribution in [3.05, 3.63) is 29.8 Å². The zero-order valence-electron chi connectivity index (χ0n) is 16.3. The van der Waals surface area contributed by atoms with Crippen LogP contribution in [0.25, 0.3) is 0 Å². The van der Waals surface area contributed by atoms with Crippen LogP contribution >= 0.6 is 11.8 Å². The number of rotatable bonds is 6. The first-order valence-electron chi connectivity index (χ1n) is 10.6. The van der Waals surface area contributed by atoms with Gasteiger partial charge in [0.25, 0.3) is 5.91 Å². The molecule has 148 valence electrons. The maximum atomic E-state index is 13.0. The van der Waals surface area contributed by atoms with Gasteiger partial charge in [-0.25, -0.2) is 0 Å². The third-order valence-corrected chi connectivity index (χ3v) is 7.46. The number of nitrogens with one attached hydrogen (secondary N) is 1. The van der Waals surface area contributed by atoms with Gasteiger partial charge < -0.3 is 10.1 Å². The topological polar surface area (TPSA) is 41.6 Å². The first-order valence-corrected chi connectivity index (χ1v) is 11.8. The summed E-state index contributed by atoms with van der Waals surface area (Å²) in [6, 6.07) is 7.74. The van der Waals surface area contributed by atoms with E-state index in [4.69, 9.17) is 4.74 Å². The Bertz CT molecular complexity index is 633. The number of hydrogen-bond acceptors (Lipinski definition) is 4. The van der Waals surface area contributed by atoms with Gasteiger partial charge in [-0.3, -0.25) is 9.69 Å². The van der Waals surface area contributed by atoms with Crippen LogP contribution in [-0.4, -0.2) is 53.6 Å². The normalized spacial score (nSPS) is 23.4. The molecule has 1 saturated heterocycles. The van der Waals surface area contributed by atoms with Crippen molar-refractivity contribution >= 4 is 17.7 Å². The molecule has 0 unspecified atom stereocenters. The molecule has 0 atom stereocenters. The summed E-state index contributed by atoms with van der Waals surface area (Å²) >= 11 is 2.05. The number of amides is 1. The predicted molar refractivity (Wildman–Crippen MR) is 112 cm³/mol. The molecule has 3 aliphatic rings. The van der Waals surface area contributed by atoms with E-state index in [1.54, 1.807) is 0 Å². The van der Waals surface area contributed by atoms with Crippen molar-refractivity contribution in [3.8, 4) is 5.75 Å². The van der Waals surface area contributed by atoms with Crippen molar-refractivity contribution in [3.63, 3.8) is 0 Å². The van der Waals surface area contributed by atoms with Crippen molar-refractivity contribution in [1.82, 2.24) is 10.2 Å². The fraction of sp³-hybridized carbons (Fsp3) is 0.682. The molecule has 3 fully saturated rings. The van der Waals surface area contributed by atoms with Crippen molar-refractivity contribution in [2.75, 3.05) is 31.1 Å². The summed E-state index contributed by atoms with van der Waals surface area (Å²) in [5.74, 6) is 3.19. The van der Waals surface area contributed by atoms with Crippen LogP contribution < -0.4 is 10.1 Å². The van der Waals surface area contributed by atoms with Gasteiger partial charge in [-0.2, -0.15) is 11.8 Å². The van der Waals surface area contributed by atoms with Crippen LogP contribution in [0.2, 0.25) is 0 Å². The maximum Gasteiger partial charge on any atom is 0.255 e. The highest BCUT2D eigenvalue weighted by Crippen LogP contribution is 2.36. The molecular weight excluding hydrogens is 356 g/mol. The Kier molecular flexibility index (Phi) is 6.28. The second kappa shape index (κ2) is 8.87. The number of benzene rings is 1. The minimum absolute atomic E-state index is 0.0151. The standard InChI is InChI=1S/C22H32N2O2S/c25-21(19-9-3-4-10-20(19)26-18-7-1-2-8-18)23-17-22(11-5-6-12-22)24-13-15-27-16-14-24/h3-4,9-10,18H,1-2,5-8,11-17H2,(H,23,25). The average Bonchev–Trinajstić information content (AvgIpc) is 3.40. The summed E-state index contributed by atoms with van der Waals surface area (Å²) in [5, 5.41) is 3.28. The van der Waals surface area contributed by atoms with E-state index in [0.717, 1.165) is 38.2 Å². The minimum Gasteiger partial charge on any atom is -0.490 e. The molecule has 4 nitrogen and oxygen atoms in total. The average molecular weight is 389 g/mol. The molecule has 2 saturated carbocycles. The zero-order chi connectivity index (χ0) is 18.5. The molecule has 27 heavy (non-hydrogen) atoms. The summed E-state index contributed by atoms with van der Waals surface area (Å²) < 4.78 is 6.17. The van der Waals surface area contributed by atoms with Crippen LogP contribution in [0.3, 0.4) is 0 Å². The Balaban J connectivity index is 1.42. The third-order valence-electron chi connectivity index (χ3n) is 6.52. The van der Waals surface area contributed by atoms with Crippen LogP contribution in [0.5, 0.6) is 5.75 Å². The van der Waals surface area contributed by atoms with Gasteiger partial charge in [-0.05, 0) is 50.7 Å². The third kappa shape index (κ3) is 4.45. The monoisotopic (exact) mass is 388 g/mol. The maximum absolute atomic E-state index is 13.0. The van der Waals surface area contributed by atoms with Crippen molar-refractivity contribution in [1.29, 1.82) is 0 Å². The molecular formula is C22H32N2O2S. The SMILES string of the molecule is O=C(NCC1(N2CCSCC2)CCCC1)c1ccccc1OC1CCCC1. The predicted octanol–water partition coefficient (Wildman–Crippen LogP) is 4.10. The molecule has 0 spiro atoms. The smallest absolute Gasteiger partial charge is 0.255 e. The summed E-state index contributed by atoms with van der Waals surface area (Å²) in [4.78, 5) is 15.7. The highest BCUT2D eigenvalue weighted by Gasteiger charge is 2.40. The molecule has 5 heteroatoms. The Hall–Kier alpha value is -1.20. The van der Waals surface area contributed by atoms with Crippen LogP contribution in [0, 0.1) is 0 Å². The van der Waals surface area contributed by atoms with Gasteiger partial charge in [-0.1, -0.05) is 25.0 Å². The van der Waals surface area contributed by atoms with Crippen molar-refractivity contribution < 1.29 is 9.53 Å². The lowest BCUT2D eigenvalue weighted by Gasteiger charge is -2.43. The Morgan fingerprint density at radius 2 is 1.81 bits per heavy atom. The van der Waals surface area contributed by atoms with E-state index in [2.05, 4.69) is 10.2 Å². The van der Waals surface area contributed by atoms with E-state index in [-0.39, 0.29) is 17.6 Å². The number of carbonyl (C=O) groups is 1. The number of carbonyl (C=O) groups excluding carboxylic acids is 1. The number of para-hydroxylation sites is 1. The minimum atomic E-state index is 0.0151. The number of nitrogens with zero attached hydrogens (tertiary/aromatic N) is 1. The lowest BCUT2D eigenvalue weighted by Crippen LogP contribution is -2.56. The van der Waals surface area contributed by atoms with E-state index >= 15 is 0 Å². The number of thioether (sulfide) groups is 1. The molecule has 1 aromatic carbocycles. The van der Waals surface area contributed by atoms with Gasteiger partial charge in [-0.15, -0.1) is 0 Å². The molecule has 0 radical (unpaired) electrons. The molecule has 2 aliphatic carbocycles. The number of hydrogen-bond donors (Lipinski definition) is 1. The molecule has 1 N–H and O–H groups in total. The summed E-state index contributed by atoms with van der Waals surface area (Å²) in [5.41, 5.74) is 0.851. The van der Waals surface area contributed by atoms with Crippen LogP contribution in [0.1, 0.15) is 61.7 Å². The van der Waals surface area contributed by atoms with Crippen LogP contribution in [-0.2, 0) is 0 Å². The Labute approximate surface area is 167 Å². The fourth-order valence-corrected chi connectivity index (χ4v) is 5.86. The van der Waals surface area contributed by atoms with E-state index in [0.29, 0.717) is 5.56 Å². The first kappa shape index (κ1) is 19.1. The molecule has 1 amide bonds. The van der Waals surface area contributed by atoms with Gasteiger partial charge in [0, 0.05) is 36.7 Å². The highest BCUT2D eigenvalue weighted by atomic mass is 32.2. The molecule has 1 heterocycles. The Morgan fingerprint density at radius 3 is 2.56 bits per heavy atom. The van der Waals surface area contributed by atoms with Gasteiger partial charge >= 0.3 is 0 Å². The number of ether oxygens (including phenoxy) is 1. The van der Waals surface area contributed by atoms with Crippen molar-refractivity contribution in [2.45, 2.75) is 63.0 Å². The molecule has 4 rings (SSSR count). The van der Waals surface area contributed by atoms with E-state index in [1.807, 2.05) is 36.0 Å². The quantitative estimate of drug-likeness (QED) is 0.797. The van der Waals surface area contributed by atoms with E-state index in [9.17, 15) is 4.79 Å². The Morgan fingerprint density at radius 1 is 1.11 bits per heavy atom. The lowest BCUT2D eigenvalue weighted by molar-refractivity contribution is 0.0812. The second-order valence-corrected chi connectivity index (χ2v) is 9.46. The summed E-state index contributed by atoms with van der Waals surface area (Å²) in [7, 11) is 0. The largest absolute Gasteiger partial charge is 0.490 e. The molecule has 1 aliphatic heterocycles. The molecule has 0 bridgehead atoms. The van der Waals surface area contributed by atoms with Crippen LogP contribution in [0.15, 0.2) is 24.3 Å². The van der Waals surface area contributed by atoms with Gasteiger partial charge in [0.2, 0.25) is 0 Å². The second-order valence-electron chi connectivity index (χ2n) is 8.23. The first-order chi connectivity index (χ1) is 13.3. The van der Waals surface area contributed by atoms with E-state index in [1.165, 1.54) is 50.0 Å². The lowest BCUT2D eigenvalue weighted by atomic mass is 9.94. The van der Waals surface area contributed by atoms with Gasteiger partial charge in [0.15, 0.2) is 0 Å². The van der Waals surface area contributed by atoms with E-state index < -0.39 is 0 Å².